The Morgan fingerprint density at radius 1 is 1.17 bits per heavy atom. The van der Waals surface area contributed by atoms with Gasteiger partial charge in [0.25, 0.3) is 0 Å². The molecule has 0 aliphatic rings. The van der Waals surface area contributed by atoms with Gasteiger partial charge in [-0.3, -0.25) is 4.79 Å². The molecule has 0 heterocycles. The normalized spacial score (nSPS) is 11.6. The molecule has 0 radical (unpaired) electrons. The Kier molecular flexibility index (Phi) is 6.14. The second-order valence-electron chi connectivity index (χ2n) is 5.00. The summed E-state index contributed by atoms with van der Waals surface area (Å²) in [6.07, 6.45) is -1.35. The lowest BCUT2D eigenvalue weighted by molar-refractivity contribution is -0.137. The maximum Gasteiger partial charge on any atom is 0.407 e. The van der Waals surface area contributed by atoms with Crippen LogP contribution in [0.3, 0.4) is 0 Å². The highest BCUT2D eigenvalue weighted by Gasteiger charge is 2.23. The predicted octanol–water partition coefficient (Wildman–Crippen LogP) is 3.92. The van der Waals surface area contributed by atoms with Crippen molar-refractivity contribution in [2.75, 3.05) is 0 Å². The first-order chi connectivity index (χ1) is 11.5. The number of benzene rings is 2. The number of carboxylic acid groups (broad SMARTS) is 1. The van der Waals surface area contributed by atoms with Gasteiger partial charge in [-0.25, -0.2) is 9.18 Å². The molecule has 1 atom stereocenters. The van der Waals surface area contributed by atoms with Crippen molar-refractivity contribution in [3.05, 3.63) is 70.5 Å². The summed E-state index contributed by atoms with van der Waals surface area (Å²) in [6, 6.07) is 12.1. The topological polar surface area (TPSA) is 75.6 Å². The average Bonchev–Trinajstić information content (AvgIpc) is 2.55. The van der Waals surface area contributed by atoms with Crippen molar-refractivity contribution in [1.29, 1.82) is 0 Å². The molecule has 0 spiro atoms. The summed E-state index contributed by atoms with van der Waals surface area (Å²) in [5.41, 5.74) is 0.762. The molecule has 126 valence electrons. The molecular formula is C17H15ClFNO4. The minimum Gasteiger partial charge on any atom is -0.481 e. The van der Waals surface area contributed by atoms with E-state index in [0.717, 1.165) is 5.56 Å². The molecule has 0 unspecified atom stereocenters. The summed E-state index contributed by atoms with van der Waals surface area (Å²) in [5, 5.41) is 11.2. The van der Waals surface area contributed by atoms with Crippen LogP contribution >= 0.6 is 11.6 Å². The van der Waals surface area contributed by atoms with Gasteiger partial charge in [0, 0.05) is 5.56 Å². The van der Waals surface area contributed by atoms with Crippen LogP contribution in [0.1, 0.15) is 23.6 Å². The van der Waals surface area contributed by atoms with Gasteiger partial charge in [0.1, 0.15) is 12.4 Å². The molecule has 0 saturated carbocycles. The van der Waals surface area contributed by atoms with E-state index in [0.29, 0.717) is 0 Å². The Hall–Kier alpha value is -2.60. The fraction of sp³-hybridized carbons (Fsp3) is 0.176. The number of aliphatic carboxylic acids is 1. The second-order valence-corrected chi connectivity index (χ2v) is 5.41. The molecule has 2 aromatic rings. The summed E-state index contributed by atoms with van der Waals surface area (Å²) in [6.45, 7) is 0.0183. The van der Waals surface area contributed by atoms with Crippen molar-refractivity contribution in [1.82, 2.24) is 5.32 Å². The molecule has 0 fully saturated rings. The summed E-state index contributed by atoms with van der Waals surface area (Å²) in [5.74, 6) is -1.96. The van der Waals surface area contributed by atoms with Gasteiger partial charge < -0.3 is 15.2 Å². The van der Waals surface area contributed by atoms with Gasteiger partial charge in [-0.1, -0.05) is 54.1 Å². The van der Waals surface area contributed by atoms with Gasteiger partial charge in [0.2, 0.25) is 0 Å². The van der Waals surface area contributed by atoms with Gasteiger partial charge in [0.15, 0.2) is 0 Å². The predicted molar refractivity (Wildman–Crippen MR) is 86.2 cm³/mol. The Morgan fingerprint density at radius 3 is 2.54 bits per heavy atom. The van der Waals surface area contributed by atoms with E-state index in [1.165, 1.54) is 18.2 Å². The highest BCUT2D eigenvalue weighted by molar-refractivity contribution is 6.30. The number of carbonyl (C=O) groups is 2. The van der Waals surface area contributed by atoms with Crippen molar-refractivity contribution >= 4 is 23.7 Å². The molecule has 2 rings (SSSR count). The monoisotopic (exact) mass is 351 g/mol. The summed E-state index contributed by atoms with van der Waals surface area (Å²) in [4.78, 5) is 22.9. The van der Waals surface area contributed by atoms with Crippen molar-refractivity contribution in [3.8, 4) is 0 Å². The zero-order valence-corrected chi connectivity index (χ0v) is 13.3. The van der Waals surface area contributed by atoms with Crippen LogP contribution in [0.5, 0.6) is 0 Å². The maximum absolute atomic E-state index is 14.1. The first kappa shape index (κ1) is 17.7. The van der Waals surface area contributed by atoms with E-state index in [1.807, 2.05) is 6.07 Å². The van der Waals surface area contributed by atoms with Crippen molar-refractivity contribution in [2.24, 2.45) is 0 Å². The van der Waals surface area contributed by atoms with Gasteiger partial charge in [-0.15, -0.1) is 0 Å². The Bertz CT molecular complexity index is 724. The lowest BCUT2D eigenvalue weighted by Crippen LogP contribution is -2.31. The van der Waals surface area contributed by atoms with E-state index in [2.05, 4.69) is 5.32 Å². The Balaban J connectivity index is 2.07. The number of carbonyl (C=O) groups excluding carboxylic acids is 1. The number of alkyl carbamates (subject to hydrolysis) is 1. The van der Waals surface area contributed by atoms with Gasteiger partial charge >= 0.3 is 12.1 Å². The van der Waals surface area contributed by atoms with Crippen LogP contribution in [-0.2, 0) is 16.1 Å². The quantitative estimate of drug-likeness (QED) is 0.827. The number of hydrogen-bond donors (Lipinski definition) is 2. The number of hydrogen-bond acceptors (Lipinski definition) is 3. The van der Waals surface area contributed by atoms with Crippen LogP contribution in [0.4, 0.5) is 9.18 Å². The summed E-state index contributed by atoms with van der Waals surface area (Å²) >= 11 is 5.71. The molecule has 5 nitrogen and oxygen atoms in total. The van der Waals surface area contributed by atoms with E-state index < -0.39 is 30.3 Å². The van der Waals surface area contributed by atoms with Gasteiger partial charge in [-0.2, -0.15) is 0 Å². The molecule has 24 heavy (non-hydrogen) atoms. The molecule has 0 aliphatic carbocycles. The van der Waals surface area contributed by atoms with Crippen molar-refractivity contribution in [2.45, 2.75) is 19.1 Å². The first-order valence-electron chi connectivity index (χ1n) is 7.10. The number of carboxylic acids is 1. The highest BCUT2D eigenvalue weighted by Crippen LogP contribution is 2.25. The van der Waals surface area contributed by atoms with Gasteiger partial charge in [0.05, 0.1) is 17.5 Å². The van der Waals surface area contributed by atoms with E-state index in [-0.39, 0.29) is 17.2 Å². The maximum atomic E-state index is 14.1. The van der Waals surface area contributed by atoms with Crippen LogP contribution in [0.15, 0.2) is 48.5 Å². The van der Waals surface area contributed by atoms with Crippen molar-refractivity contribution in [3.63, 3.8) is 0 Å². The number of nitrogens with one attached hydrogen (secondary N) is 1. The smallest absolute Gasteiger partial charge is 0.407 e. The molecule has 7 heteroatoms. The fourth-order valence-corrected chi connectivity index (χ4v) is 2.29. The minimum absolute atomic E-state index is 0.0124. The number of ether oxygens (including phenoxy) is 1. The molecule has 0 bridgehead atoms. The summed E-state index contributed by atoms with van der Waals surface area (Å²) in [7, 11) is 0. The Morgan fingerprint density at radius 2 is 1.88 bits per heavy atom. The molecule has 1 amide bonds. The molecule has 0 aliphatic heterocycles. The van der Waals surface area contributed by atoms with Crippen LogP contribution in [0.25, 0.3) is 0 Å². The third-order valence-corrected chi connectivity index (χ3v) is 3.53. The first-order valence-corrected chi connectivity index (χ1v) is 7.48. The van der Waals surface area contributed by atoms with Crippen LogP contribution in [0.2, 0.25) is 5.02 Å². The standard InChI is InChI=1S/C17H15ClFNO4/c18-13-8-4-7-12(16(13)19)14(9-15(21)22)20-17(23)24-10-11-5-2-1-3-6-11/h1-8,14H,9-10H2,(H,20,23)(H,21,22)/t14-/m0/s1. The lowest BCUT2D eigenvalue weighted by Gasteiger charge is -2.18. The van der Waals surface area contributed by atoms with Crippen molar-refractivity contribution < 1.29 is 23.8 Å². The third kappa shape index (κ3) is 4.96. The average molecular weight is 352 g/mol. The molecular weight excluding hydrogens is 337 g/mol. The Labute approximate surface area is 143 Å². The molecule has 0 saturated heterocycles. The molecule has 2 N–H and O–H groups in total. The largest absolute Gasteiger partial charge is 0.481 e. The lowest BCUT2D eigenvalue weighted by atomic mass is 10.0. The number of halogens is 2. The molecule has 2 aromatic carbocycles. The number of rotatable bonds is 6. The zero-order chi connectivity index (χ0) is 17.5. The van der Waals surface area contributed by atoms with Crippen LogP contribution in [-0.4, -0.2) is 17.2 Å². The van der Waals surface area contributed by atoms with Crippen LogP contribution < -0.4 is 5.32 Å². The van der Waals surface area contributed by atoms with Crippen LogP contribution in [0, 0.1) is 5.82 Å². The van der Waals surface area contributed by atoms with E-state index in [9.17, 15) is 14.0 Å². The minimum atomic E-state index is -1.19. The van der Waals surface area contributed by atoms with E-state index in [4.69, 9.17) is 21.4 Å². The summed E-state index contributed by atoms with van der Waals surface area (Å²) < 4.78 is 19.1. The number of amides is 1. The molecule has 0 aromatic heterocycles. The highest BCUT2D eigenvalue weighted by atomic mass is 35.5. The zero-order valence-electron chi connectivity index (χ0n) is 12.5. The van der Waals surface area contributed by atoms with Gasteiger partial charge in [-0.05, 0) is 11.6 Å². The van der Waals surface area contributed by atoms with E-state index >= 15 is 0 Å². The third-order valence-electron chi connectivity index (χ3n) is 3.24. The SMILES string of the molecule is O=C(O)C[C@H](NC(=O)OCc1ccccc1)c1cccc(Cl)c1F. The fourth-order valence-electron chi connectivity index (χ4n) is 2.11. The van der Waals surface area contributed by atoms with E-state index in [1.54, 1.807) is 24.3 Å². The second kappa shape index (κ2) is 8.31.